The Bertz CT molecular complexity index is 408. The summed E-state index contributed by atoms with van der Waals surface area (Å²) in [7, 11) is 0. The third-order valence-electron chi connectivity index (χ3n) is 2.56. The minimum absolute atomic E-state index is 0.408. The molecular weight excluding hydrogens is 196 g/mol. The van der Waals surface area contributed by atoms with Gasteiger partial charge < -0.3 is 4.74 Å². The molecule has 16 heavy (non-hydrogen) atoms. The van der Waals surface area contributed by atoms with E-state index in [9.17, 15) is 0 Å². The first-order chi connectivity index (χ1) is 7.86. The summed E-state index contributed by atoms with van der Waals surface area (Å²) >= 11 is 0. The van der Waals surface area contributed by atoms with Crippen LogP contribution in [0.5, 0.6) is 5.75 Å². The van der Waals surface area contributed by atoms with Crippen LogP contribution >= 0.6 is 0 Å². The van der Waals surface area contributed by atoms with Crippen molar-refractivity contribution in [1.29, 1.82) is 0 Å². The zero-order valence-corrected chi connectivity index (χ0v) is 9.39. The number of hydrogen-bond donors (Lipinski definition) is 0. The number of rotatable bonds is 4. The molecule has 0 aliphatic carbocycles. The second kappa shape index (κ2) is 5.36. The van der Waals surface area contributed by atoms with E-state index in [1.165, 1.54) is 5.56 Å². The first kappa shape index (κ1) is 10.7. The van der Waals surface area contributed by atoms with E-state index < -0.39 is 0 Å². The number of hydrogen-bond acceptors (Lipinski definition) is 1. The van der Waals surface area contributed by atoms with E-state index in [2.05, 4.69) is 37.3 Å². The molecule has 2 aromatic rings. The van der Waals surface area contributed by atoms with Crippen molar-refractivity contribution in [3.8, 4) is 5.75 Å². The summed E-state index contributed by atoms with van der Waals surface area (Å²) < 4.78 is 5.70. The van der Waals surface area contributed by atoms with Crippen molar-refractivity contribution in [2.24, 2.45) is 0 Å². The lowest BCUT2D eigenvalue weighted by atomic mass is 10.0. The van der Waals surface area contributed by atoms with Crippen LogP contribution in [0.4, 0.5) is 0 Å². The first-order valence-corrected chi connectivity index (χ1v) is 5.50. The lowest BCUT2D eigenvalue weighted by molar-refractivity contribution is 0.296. The van der Waals surface area contributed by atoms with Crippen molar-refractivity contribution in [2.75, 3.05) is 6.61 Å². The van der Waals surface area contributed by atoms with Crippen LogP contribution < -0.4 is 4.74 Å². The van der Waals surface area contributed by atoms with Crippen molar-refractivity contribution in [2.45, 2.75) is 12.8 Å². The van der Waals surface area contributed by atoms with Crippen molar-refractivity contribution in [1.82, 2.24) is 0 Å². The van der Waals surface area contributed by atoms with Crippen LogP contribution in [-0.4, -0.2) is 6.61 Å². The predicted octanol–water partition coefficient (Wildman–Crippen LogP) is 3.67. The Labute approximate surface area is 96.7 Å². The molecule has 0 fully saturated rings. The fraction of sp³-hybridized carbons (Fsp3) is 0.200. The van der Waals surface area contributed by atoms with Gasteiger partial charge in [-0.05, 0) is 23.8 Å². The highest BCUT2D eigenvalue weighted by Crippen LogP contribution is 2.17. The highest BCUT2D eigenvalue weighted by Gasteiger charge is 2.05. The Hall–Kier alpha value is -1.76. The van der Waals surface area contributed by atoms with Crippen LogP contribution in [0.3, 0.4) is 0 Å². The third-order valence-corrected chi connectivity index (χ3v) is 2.56. The average molecular weight is 211 g/mol. The molecule has 1 nitrogen and oxygen atoms in total. The Kier molecular flexibility index (Phi) is 3.60. The van der Waals surface area contributed by atoms with Gasteiger partial charge in [-0.1, -0.05) is 49.4 Å². The van der Waals surface area contributed by atoms with Gasteiger partial charge in [-0.25, -0.2) is 0 Å². The Morgan fingerprint density at radius 2 is 1.75 bits per heavy atom. The largest absolute Gasteiger partial charge is 0.493 e. The molecule has 2 aromatic carbocycles. The van der Waals surface area contributed by atoms with Crippen molar-refractivity contribution < 1.29 is 4.74 Å². The van der Waals surface area contributed by atoms with Gasteiger partial charge in [0.2, 0.25) is 0 Å². The zero-order chi connectivity index (χ0) is 11.2. The Morgan fingerprint density at radius 3 is 2.44 bits per heavy atom. The molecule has 1 unspecified atom stereocenters. The third kappa shape index (κ3) is 2.86. The minimum atomic E-state index is 0.408. The quantitative estimate of drug-likeness (QED) is 0.749. The normalized spacial score (nSPS) is 12.1. The summed E-state index contributed by atoms with van der Waals surface area (Å²) in [5.74, 6) is 1.31. The molecular formula is C15H15O. The molecule has 0 N–H and O–H groups in total. The lowest BCUT2D eigenvalue weighted by Crippen LogP contribution is -2.06. The van der Waals surface area contributed by atoms with Gasteiger partial charge in [0.05, 0.1) is 6.61 Å². The molecule has 0 amide bonds. The molecule has 81 valence electrons. The fourth-order valence-corrected chi connectivity index (χ4v) is 1.57. The second-order valence-electron chi connectivity index (χ2n) is 3.86. The lowest BCUT2D eigenvalue weighted by Gasteiger charge is -2.13. The zero-order valence-electron chi connectivity index (χ0n) is 9.39. The van der Waals surface area contributed by atoms with Crippen LogP contribution in [-0.2, 0) is 0 Å². The van der Waals surface area contributed by atoms with E-state index in [-0.39, 0.29) is 0 Å². The maximum Gasteiger partial charge on any atom is 0.119 e. The molecule has 0 saturated heterocycles. The van der Waals surface area contributed by atoms with E-state index in [1.807, 2.05) is 30.3 Å². The number of benzene rings is 2. The van der Waals surface area contributed by atoms with Gasteiger partial charge in [0.15, 0.2) is 0 Å². The summed E-state index contributed by atoms with van der Waals surface area (Å²) in [5, 5.41) is 0. The van der Waals surface area contributed by atoms with E-state index in [0.29, 0.717) is 12.5 Å². The van der Waals surface area contributed by atoms with Gasteiger partial charge >= 0.3 is 0 Å². The molecule has 0 aliphatic rings. The maximum atomic E-state index is 5.70. The summed E-state index contributed by atoms with van der Waals surface area (Å²) in [5.41, 5.74) is 1.31. The number of ether oxygens (including phenoxy) is 1. The van der Waals surface area contributed by atoms with Crippen LogP contribution in [0.1, 0.15) is 18.4 Å². The molecule has 1 heteroatoms. The molecule has 0 bridgehead atoms. The fourth-order valence-electron chi connectivity index (χ4n) is 1.57. The van der Waals surface area contributed by atoms with Gasteiger partial charge in [0, 0.05) is 5.92 Å². The molecule has 0 saturated carbocycles. The van der Waals surface area contributed by atoms with Crippen molar-refractivity contribution >= 4 is 0 Å². The van der Waals surface area contributed by atoms with E-state index >= 15 is 0 Å². The summed E-state index contributed by atoms with van der Waals surface area (Å²) in [6.45, 7) is 2.87. The molecule has 1 atom stereocenters. The Balaban J connectivity index is 1.92. The minimum Gasteiger partial charge on any atom is -0.493 e. The van der Waals surface area contributed by atoms with Crippen LogP contribution in [0.15, 0.2) is 54.6 Å². The highest BCUT2D eigenvalue weighted by atomic mass is 16.5. The van der Waals surface area contributed by atoms with E-state index in [1.54, 1.807) is 0 Å². The molecule has 0 aliphatic heterocycles. The molecule has 2 rings (SSSR count). The summed E-state index contributed by atoms with van der Waals surface area (Å²) in [6, 6.07) is 21.0. The van der Waals surface area contributed by atoms with Crippen molar-refractivity contribution in [3.63, 3.8) is 0 Å². The van der Waals surface area contributed by atoms with E-state index in [4.69, 9.17) is 4.74 Å². The van der Waals surface area contributed by atoms with Crippen molar-refractivity contribution in [3.05, 3.63) is 66.2 Å². The Morgan fingerprint density at radius 1 is 1.06 bits per heavy atom. The topological polar surface area (TPSA) is 9.23 Å². The molecule has 0 aromatic heterocycles. The second-order valence-corrected chi connectivity index (χ2v) is 3.86. The van der Waals surface area contributed by atoms with E-state index in [0.717, 1.165) is 5.75 Å². The highest BCUT2D eigenvalue weighted by molar-refractivity contribution is 5.22. The average Bonchev–Trinajstić information content (AvgIpc) is 2.38. The smallest absolute Gasteiger partial charge is 0.119 e. The monoisotopic (exact) mass is 211 g/mol. The van der Waals surface area contributed by atoms with Gasteiger partial charge in [0.1, 0.15) is 5.75 Å². The van der Waals surface area contributed by atoms with Gasteiger partial charge in [-0.3, -0.25) is 0 Å². The predicted molar refractivity (Wildman–Crippen MR) is 65.6 cm³/mol. The first-order valence-electron chi connectivity index (χ1n) is 5.50. The van der Waals surface area contributed by atoms with Crippen LogP contribution in [0, 0.1) is 6.07 Å². The maximum absolute atomic E-state index is 5.70. The molecule has 1 radical (unpaired) electrons. The van der Waals surface area contributed by atoms with Gasteiger partial charge in [-0.2, -0.15) is 0 Å². The summed E-state index contributed by atoms with van der Waals surface area (Å²) in [6.07, 6.45) is 0. The van der Waals surface area contributed by atoms with Crippen LogP contribution in [0.2, 0.25) is 0 Å². The standard InChI is InChI=1S/C15H15O/c1-13(14-8-4-2-5-9-14)12-16-15-10-6-3-7-11-15/h2,4-11,13H,12H2,1H3. The molecule has 0 heterocycles. The van der Waals surface area contributed by atoms with Crippen LogP contribution in [0.25, 0.3) is 0 Å². The summed E-state index contributed by atoms with van der Waals surface area (Å²) in [4.78, 5) is 0. The molecule has 0 spiro atoms. The van der Waals surface area contributed by atoms with Gasteiger partial charge in [-0.15, -0.1) is 0 Å². The SMILES string of the molecule is CC(COc1cc[c]cc1)c1ccccc1. The van der Waals surface area contributed by atoms with Gasteiger partial charge in [0.25, 0.3) is 0 Å².